The fraction of sp³-hybridized carbons (Fsp3) is 0.571. The highest BCUT2D eigenvalue weighted by atomic mass is 19.4. The Morgan fingerprint density at radius 3 is 2.56 bits per heavy atom. The topological polar surface area (TPSA) is 67.2 Å². The lowest BCUT2D eigenvalue weighted by molar-refractivity contribution is -0.137. The standard InChI is InChI=1S/C21H25F5N4O2/c1-4-29-9-14(8-20(22,23)11-29)27-17(31)10-30-19(32)15-6-5-13(21(24,25)26)7-16(15)18(28-30)12(2)3/h5-7,12,14H,4,8-11H2,1-3H3,(H,27,31)/t14-/m1/s1. The minimum absolute atomic E-state index is 0.00542. The Hall–Kier alpha value is -2.56. The summed E-state index contributed by atoms with van der Waals surface area (Å²) in [6, 6.07) is 1.97. The van der Waals surface area contributed by atoms with Gasteiger partial charge < -0.3 is 5.32 Å². The number of halogens is 5. The number of carbonyl (C=O) groups is 1. The molecule has 0 unspecified atom stereocenters. The minimum atomic E-state index is -4.58. The van der Waals surface area contributed by atoms with Crippen LogP contribution < -0.4 is 10.9 Å². The predicted molar refractivity (Wildman–Crippen MR) is 109 cm³/mol. The van der Waals surface area contributed by atoms with Crippen LogP contribution in [0.25, 0.3) is 10.8 Å². The van der Waals surface area contributed by atoms with Crippen molar-refractivity contribution in [1.82, 2.24) is 20.0 Å². The van der Waals surface area contributed by atoms with Gasteiger partial charge in [-0.05, 0) is 30.7 Å². The number of aromatic nitrogens is 2. The van der Waals surface area contributed by atoms with Gasteiger partial charge in [-0.25, -0.2) is 13.5 Å². The Balaban J connectivity index is 1.89. The first-order valence-electron chi connectivity index (χ1n) is 10.3. The summed E-state index contributed by atoms with van der Waals surface area (Å²) in [7, 11) is 0. The molecule has 2 aromatic rings. The van der Waals surface area contributed by atoms with Gasteiger partial charge in [-0.3, -0.25) is 14.5 Å². The third-order valence-corrected chi connectivity index (χ3v) is 5.45. The Morgan fingerprint density at radius 1 is 1.28 bits per heavy atom. The molecule has 0 bridgehead atoms. The Morgan fingerprint density at radius 2 is 1.97 bits per heavy atom. The van der Waals surface area contributed by atoms with Crippen LogP contribution >= 0.6 is 0 Å². The van der Waals surface area contributed by atoms with E-state index in [4.69, 9.17) is 0 Å². The predicted octanol–water partition coefficient (Wildman–Crippen LogP) is 3.38. The minimum Gasteiger partial charge on any atom is -0.350 e. The van der Waals surface area contributed by atoms with Gasteiger partial charge in [-0.1, -0.05) is 20.8 Å². The molecule has 11 heteroatoms. The van der Waals surface area contributed by atoms with E-state index < -0.39 is 48.1 Å². The first kappa shape index (κ1) is 24.1. The lowest BCUT2D eigenvalue weighted by Crippen LogP contribution is -2.55. The largest absolute Gasteiger partial charge is 0.416 e. The van der Waals surface area contributed by atoms with Crippen LogP contribution in [0.4, 0.5) is 22.0 Å². The normalized spacial score (nSPS) is 19.5. The molecule has 1 aromatic heterocycles. The number of fused-ring (bicyclic) bond motifs is 1. The van der Waals surface area contributed by atoms with Crippen molar-refractivity contribution in [2.75, 3.05) is 19.6 Å². The molecule has 1 amide bonds. The number of benzene rings is 1. The van der Waals surface area contributed by atoms with E-state index >= 15 is 0 Å². The number of nitrogens with one attached hydrogen (secondary N) is 1. The Bertz CT molecular complexity index is 1060. The van der Waals surface area contributed by atoms with Gasteiger partial charge in [0.1, 0.15) is 6.54 Å². The smallest absolute Gasteiger partial charge is 0.350 e. The van der Waals surface area contributed by atoms with Crippen molar-refractivity contribution in [2.24, 2.45) is 0 Å². The van der Waals surface area contributed by atoms with Gasteiger partial charge >= 0.3 is 6.18 Å². The van der Waals surface area contributed by atoms with Crippen LogP contribution in [0.3, 0.4) is 0 Å². The fourth-order valence-corrected chi connectivity index (χ4v) is 3.96. The van der Waals surface area contributed by atoms with Crippen LogP contribution in [-0.4, -0.2) is 52.2 Å². The van der Waals surface area contributed by atoms with Gasteiger partial charge in [-0.2, -0.15) is 18.3 Å². The average Bonchev–Trinajstić information content (AvgIpc) is 2.67. The SMILES string of the molecule is CCN1C[C@H](NC(=O)Cn2nc(C(C)C)c3cc(C(F)(F)F)ccc3c2=O)CC(F)(F)C1. The second-order valence-corrected chi connectivity index (χ2v) is 8.41. The van der Waals surface area contributed by atoms with Crippen molar-refractivity contribution in [3.63, 3.8) is 0 Å². The summed E-state index contributed by atoms with van der Waals surface area (Å²) in [5, 5.41) is 6.74. The number of hydrogen-bond acceptors (Lipinski definition) is 4. The van der Waals surface area contributed by atoms with Crippen LogP contribution in [-0.2, 0) is 17.5 Å². The highest BCUT2D eigenvalue weighted by molar-refractivity contribution is 5.85. The van der Waals surface area contributed by atoms with E-state index in [2.05, 4.69) is 10.4 Å². The molecule has 0 spiro atoms. The monoisotopic (exact) mass is 460 g/mol. The molecule has 6 nitrogen and oxygen atoms in total. The fourth-order valence-electron chi connectivity index (χ4n) is 3.96. The highest BCUT2D eigenvalue weighted by Crippen LogP contribution is 2.32. The van der Waals surface area contributed by atoms with Gasteiger partial charge in [0.25, 0.3) is 11.5 Å². The van der Waals surface area contributed by atoms with Crippen molar-refractivity contribution >= 4 is 16.7 Å². The van der Waals surface area contributed by atoms with E-state index in [-0.39, 0.29) is 35.5 Å². The van der Waals surface area contributed by atoms with E-state index in [1.807, 2.05) is 0 Å². The number of amides is 1. The van der Waals surface area contributed by atoms with E-state index in [0.717, 1.165) is 22.9 Å². The van der Waals surface area contributed by atoms with Crippen molar-refractivity contribution in [1.29, 1.82) is 0 Å². The van der Waals surface area contributed by atoms with Crippen LogP contribution in [0, 0.1) is 0 Å². The third kappa shape index (κ3) is 5.25. The molecule has 1 saturated heterocycles. The first-order chi connectivity index (χ1) is 14.8. The van der Waals surface area contributed by atoms with E-state index in [9.17, 15) is 31.5 Å². The quantitative estimate of drug-likeness (QED) is 0.695. The van der Waals surface area contributed by atoms with Crippen LogP contribution in [0.5, 0.6) is 0 Å². The maximum atomic E-state index is 13.9. The Kier molecular flexibility index (Phi) is 6.60. The molecule has 0 radical (unpaired) electrons. The van der Waals surface area contributed by atoms with Crippen LogP contribution in [0.15, 0.2) is 23.0 Å². The number of rotatable bonds is 5. The number of likely N-dealkylation sites (tertiary alicyclic amines) is 1. The molecular weight excluding hydrogens is 435 g/mol. The van der Waals surface area contributed by atoms with Crippen molar-refractivity contribution in [3.05, 3.63) is 39.8 Å². The van der Waals surface area contributed by atoms with Gasteiger partial charge in [0.05, 0.1) is 23.2 Å². The number of hydrogen-bond donors (Lipinski definition) is 1. The summed E-state index contributed by atoms with van der Waals surface area (Å²) in [5.41, 5.74) is -1.39. The summed E-state index contributed by atoms with van der Waals surface area (Å²) >= 11 is 0. The molecule has 32 heavy (non-hydrogen) atoms. The van der Waals surface area contributed by atoms with Gasteiger partial charge in [0.2, 0.25) is 5.91 Å². The van der Waals surface area contributed by atoms with Crippen molar-refractivity contribution in [3.8, 4) is 0 Å². The van der Waals surface area contributed by atoms with E-state index in [1.54, 1.807) is 20.8 Å². The lowest BCUT2D eigenvalue weighted by Gasteiger charge is -2.37. The number of piperidine rings is 1. The number of likely N-dealkylation sites (N-methyl/N-ethyl adjacent to an activating group) is 1. The zero-order valence-corrected chi connectivity index (χ0v) is 18.0. The molecule has 1 aliphatic rings. The molecule has 176 valence electrons. The zero-order chi connectivity index (χ0) is 23.8. The van der Waals surface area contributed by atoms with Gasteiger partial charge in [-0.15, -0.1) is 0 Å². The molecule has 3 rings (SSSR count). The zero-order valence-electron chi connectivity index (χ0n) is 18.0. The second kappa shape index (κ2) is 8.76. The molecule has 1 atom stereocenters. The molecule has 1 N–H and O–H groups in total. The summed E-state index contributed by atoms with van der Waals surface area (Å²) < 4.78 is 68.1. The summed E-state index contributed by atoms with van der Waals surface area (Å²) in [5.74, 6) is -3.93. The summed E-state index contributed by atoms with van der Waals surface area (Å²) in [4.78, 5) is 26.9. The molecule has 0 aliphatic carbocycles. The maximum Gasteiger partial charge on any atom is 0.416 e. The summed E-state index contributed by atoms with van der Waals surface area (Å²) in [6.45, 7) is 4.93. The molecular formula is C21H25F5N4O2. The van der Waals surface area contributed by atoms with Gasteiger partial charge in [0.15, 0.2) is 0 Å². The van der Waals surface area contributed by atoms with Crippen molar-refractivity contribution in [2.45, 2.75) is 57.8 Å². The second-order valence-electron chi connectivity index (χ2n) is 8.41. The van der Waals surface area contributed by atoms with E-state index in [1.165, 1.54) is 4.90 Å². The first-order valence-corrected chi connectivity index (χ1v) is 10.3. The number of nitrogens with zero attached hydrogens (tertiary/aromatic N) is 3. The van der Waals surface area contributed by atoms with Gasteiger partial charge in [0, 0.05) is 24.4 Å². The molecule has 0 saturated carbocycles. The maximum absolute atomic E-state index is 13.9. The average molecular weight is 460 g/mol. The van der Waals surface area contributed by atoms with Crippen LogP contribution in [0.1, 0.15) is 44.4 Å². The molecule has 2 heterocycles. The lowest BCUT2D eigenvalue weighted by atomic mass is 10.0. The summed E-state index contributed by atoms with van der Waals surface area (Å²) in [6.07, 6.45) is -5.08. The number of carbonyl (C=O) groups excluding carboxylic acids is 1. The van der Waals surface area contributed by atoms with E-state index in [0.29, 0.717) is 6.54 Å². The molecule has 1 fully saturated rings. The number of alkyl halides is 5. The molecule has 1 aliphatic heterocycles. The van der Waals surface area contributed by atoms with Crippen LogP contribution in [0.2, 0.25) is 0 Å². The molecule has 1 aromatic carbocycles. The highest BCUT2D eigenvalue weighted by Gasteiger charge is 2.40. The Labute approximate surface area is 181 Å². The third-order valence-electron chi connectivity index (χ3n) is 5.45. The van der Waals surface area contributed by atoms with Crippen molar-refractivity contribution < 1.29 is 26.7 Å².